The van der Waals surface area contributed by atoms with Gasteiger partial charge in [-0.3, -0.25) is 4.18 Å². The summed E-state index contributed by atoms with van der Waals surface area (Å²) in [6.07, 6.45) is 0.568. The molecule has 0 aromatic rings. The van der Waals surface area contributed by atoms with Crippen molar-refractivity contribution in [1.29, 1.82) is 0 Å². The minimum Gasteiger partial charge on any atom is -0.479 e. The third kappa shape index (κ3) is 12.3. The van der Waals surface area contributed by atoms with Gasteiger partial charge >= 0.3 is 5.97 Å². The van der Waals surface area contributed by atoms with Crippen LogP contribution in [-0.2, 0) is 33.3 Å². The first-order chi connectivity index (χ1) is 9.37. The fourth-order valence-electron chi connectivity index (χ4n) is 1.18. The lowest BCUT2D eigenvalue weighted by atomic mass is 10.3. The summed E-state index contributed by atoms with van der Waals surface area (Å²) >= 11 is 0. The molecule has 0 amide bonds. The molecule has 0 aliphatic heterocycles. The van der Waals surface area contributed by atoms with Gasteiger partial charge in [0.15, 0.2) is 6.10 Å². The molecule has 0 aromatic carbocycles. The Morgan fingerprint density at radius 3 is 2.00 bits per heavy atom. The predicted molar refractivity (Wildman–Crippen MR) is 70.1 cm³/mol. The van der Waals surface area contributed by atoms with Crippen LogP contribution in [0.4, 0.5) is 0 Å². The fraction of sp³-hybridized carbons (Fsp3) is 0.909. The highest BCUT2D eigenvalue weighted by Gasteiger charge is 2.14. The van der Waals surface area contributed by atoms with E-state index in [4.69, 9.17) is 19.3 Å². The summed E-state index contributed by atoms with van der Waals surface area (Å²) in [5.74, 6) is -0.985. The number of aliphatic carboxylic acids is 1. The zero-order valence-corrected chi connectivity index (χ0v) is 12.6. The van der Waals surface area contributed by atoms with Gasteiger partial charge in [0, 0.05) is 0 Å². The molecular weight excluding hydrogens is 292 g/mol. The SMILES string of the molecule is CCC(OCCOCCOCCOS(C)(=O)=O)C(=O)O. The number of hydrogen-bond acceptors (Lipinski definition) is 7. The topological polar surface area (TPSA) is 108 Å². The molecule has 0 bridgehead atoms. The van der Waals surface area contributed by atoms with Gasteiger partial charge < -0.3 is 19.3 Å². The summed E-state index contributed by atoms with van der Waals surface area (Å²) < 4.78 is 41.0. The quantitative estimate of drug-likeness (QED) is 0.370. The fourth-order valence-corrected chi connectivity index (χ4v) is 1.55. The van der Waals surface area contributed by atoms with Crippen molar-refractivity contribution in [3.8, 4) is 0 Å². The molecule has 1 unspecified atom stereocenters. The molecule has 0 saturated carbocycles. The average Bonchev–Trinajstić information content (AvgIpc) is 2.34. The molecule has 0 saturated heterocycles. The number of hydrogen-bond donors (Lipinski definition) is 1. The molecule has 0 aromatic heterocycles. The third-order valence-electron chi connectivity index (χ3n) is 2.09. The summed E-state index contributed by atoms with van der Waals surface area (Å²) in [5, 5.41) is 8.71. The van der Waals surface area contributed by atoms with E-state index < -0.39 is 22.2 Å². The molecule has 0 aliphatic carbocycles. The van der Waals surface area contributed by atoms with E-state index in [9.17, 15) is 13.2 Å². The van der Waals surface area contributed by atoms with Crippen molar-refractivity contribution in [2.24, 2.45) is 0 Å². The van der Waals surface area contributed by atoms with Crippen LogP contribution in [0.1, 0.15) is 13.3 Å². The average molecular weight is 314 g/mol. The Hall–Kier alpha value is -0.740. The van der Waals surface area contributed by atoms with Gasteiger partial charge in [-0.05, 0) is 6.42 Å². The van der Waals surface area contributed by atoms with Crippen LogP contribution in [-0.4, -0.2) is 71.5 Å². The molecule has 0 heterocycles. The maximum atomic E-state index is 10.6. The van der Waals surface area contributed by atoms with Crippen LogP contribution in [0.2, 0.25) is 0 Å². The number of carboxylic acid groups (broad SMARTS) is 1. The van der Waals surface area contributed by atoms with Gasteiger partial charge in [-0.15, -0.1) is 0 Å². The van der Waals surface area contributed by atoms with Gasteiger partial charge in [-0.2, -0.15) is 8.42 Å². The zero-order chi connectivity index (χ0) is 15.4. The van der Waals surface area contributed by atoms with Crippen LogP contribution in [0.15, 0.2) is 0 Å². The van der Waals surface area contributed by atoms with E-state index >= 15 is 0 Å². The Morgan fingerprint density at radius 2 is 1.55 bits per heavy atom. The van der Waals surface area contributed by atoms with Gasteiger partial charge in [0.1, 0.15) is 0 Å². The minimum atomic E-state index is -3.42. The lowest BCUT2D eigenvalue weighted by Gasteiger charge is -2.11. The van der Waals surface area contributed by atoms with Crippen LogP contribution in [0.3, 0.4) is 0 Å². The first kappa shape index (κ1) is 19.3. The number of ether oxygens (including phenoxy) is 3. The number of carboxylic acids is 1. The molecule has 0 radical (unpaired) electrons. The second-order valence-electron chi connectivity index (χ2n) is 3.86. The Kier molecular flexibility index (Phi) is 10.6. The van der Waals surface area contributed by atoms with Gasteiger partial charge in [-0.1, -0.05) is 6.92 Å². The molecule has 120 valence electrons. The molecule has 1 N–H and O–H groups in total. The molecule has 0 rings (SSSR count). The summed E-state index contributed by atoms with van der Waals surface area (Å²) in [6.45, 7) is 2.93. The second kappa shape index (κ2) is 11.0. The standard InChI is InChI=1S/C11H22O8S/c1-3-10(11(12)13)18-8-6-16-4-5-17-7-9-19-20(2,14)15/h10H,3-9H2,1-2H3,(H,12,13). The largest absolute Gasteiger partial charge is 0.479 e. The van der Waals surface area contributed by atoms with E-state index in [2.05, 4.69) is 4.18 Å². The monoisotopic (exact) mass is 314 g/mol. The number of rotatable bonds is 13. The van der Waals surface area contributed by atoms with Gasteiger partial charge in [-0.25, -0.2) is 4.79 Å². The van der Waals surface area contributed by atoms with Gasteiger partial charge in [0.2, 0.25) is 0 Å². The number of carbonyl (C=O) groups is 1. The lowest BCUT2D eigenvalue weighted by Crippen LogP contribution is -2.25. The van der Waals surface area contributed by atoms with Crippen molar-refractivity contribution >= 4 is 16.1 Å². The smallest absolute Gasteiger partial charge is 0.332 e. The van der Waals surface area contributed by atoms with Crippen molar-refractivity contribution < 1.29 is 36.7 Å². The Bertz CT molecular complexity index is 353. The van der Waals surface area contributed by atoms with Gasteiger partial charge in [0.25, 0.3) is 10.1 Å². The van der Waals surface area contributed by atoms with E-state index in [-0.39, 0.29) is 26.4 Å². The summed E-state index contributed by atoms with van der Waals surface area (Å²) in [4.78, 5) is 10.6. The zero-order valence-electron chi connectivity index (χ0n) is 11.7. The molecule has 0 spiro atoms. The molecule has 9 heteroatoms. The van der Waals surface area contributed by atoms with E-state index in [1.54, 1.807) is 6.92 Å². The molecule has 8 nitrogen and oxygen atoms in total. The molecule has 1 atom stereocenters. The molecule has 20 heavy (non-hydrogen) atoms. The van der Waals surface area contributed by atoms with Crippen LogP contribution < -0.4 is 0 Å². The maximum Gasteiger partial charge on any atom is 0.332 e. The van der Waals surface area contributed by atoms with E-state index in [0.29, 0.717) is 19.6 Å². The highest BCUT2D eigenvalue weighted by Crippen LogP contribution is 1.97. The van der Waals surface area contributed by atoms with E-state index in [1.165, 1.54) is 0 Å². The normalized spacial score (nSPS) is 13.3. The summed E-state index contributed by atoms with van der Waals surface area (Å²) in [7, 11) is -3.42. The van der Waals surface area contributed by atoms with Crippen LogP contribution in [0.5, 0.6) is 0 Å². The summed E-state index contributed by atoms with van der Waals surface area (Å²) in [6, 6.07) is 0. The van der Waals surface area contributed by atoms with E-state index in [1.807, 2.05) is 0 Å². The Labute approximate surface area is 119 Å². The van der Waals surface area contributed by atoms with Crippen molar-refractivity contribution in [2.75, 3.05) is 45.9 Å². The maximum absolute atomic E-state index is 10.6. The van der Waals surface area contributed by atoms with Crippen molar-refractivity contribution in [3.63, 3.8) is 0 Å². The van der Waals surface area contributed by atoms with Crippen LogP contribution >= 0.6 is 0 Å². The molecular formula is C11H22O8S. The van der Waals surface area contributed by atoms with Gasteiger partial charge in [0.05, 0.1) is 45.9 Å². The minimum absolute atomic E-state index is 0.0290. The second-order valence-corrected chi connectivity index (χ2v) is 5.50. The van der Waals surface area contributed by atoms with Crippen molar-refractivity contribution in [2.45, 2.75) is 19.4 Å². The summed E-state index contributed by atoms with van der Waals surface area (Å²) in [5.41, 5.74) is 0. The first-order valence-corrected chi connectivity index (χ1v) is 8.02. The van der Waals surface area contributed by atoms with Crippen LogP contribution in [0.25, 0.3) is 0 Å². The highest BCUT2D eigenvalue weighted by atomic mass is 32.2. The predicted octanol–water partition coefficient (Wildman–Crippen LogP) is -0.124. The third-order valence-corrected chi connectivity index (χ3v) is 2.68. The first-order valence-electron chi connectivity index (χ1n) is 6.21. The Morgan fingerprint density at radius 1 is 1.05 bits per heavy atom. The molecule has 0 aliphatic rings. The lowest BCUT2D eigenvalue weighted by molar-refractivity contribution is -0.151. The van der Waals surface area contributed by atoms with E-state index in [0.717, 1.165) is 6.26 Å². The van der Waals surface area contributed by atoms with Crippen molar-refractivity contribution in [3.05, 3.63) is 0 Å². The van der Waals surface area contributed by atoms with Crippen molar-refractivity contribution in [1.82, 2.24) is 0 Å². The molecule has 0 fully saturated rings. The van der Waals surface area contributed by atoms with Crippen LogP contribution in [0, 0.1) is 0 Å². The Balaban J connectivity index is 3.31. The highest BCUT2D eigenvalue weighted by molar-refractivity contribution is 7.85.